The number of hydrogen-bond acceptors (Lipinski definition) is 3. The summed E-state index contributed by atoms with van der Waals surface area (Å²) in [5, 5.41) is 2.47. The molecule has 0 unspecified atom stereocenters. The van der Waals surface area contributed by atoms with Gasteiger partial charge >= 0.3 is 5.97 Å². The van der Waals surface area contributed by atoms with Gasteiger partial charge in [0.2, 0.25) is 0 Å². The minimum Gasteiger partial charge on any atom is -0.461 e. The summed E-state index contributed by atoms with van der Waals surface area (Å²) >= 11 is 0. The van der Waals surface area contributed by atoms with Crippen LogP contribution >= 0.6 is 0 Å². The van der Waals surface area contributed by atoms with Crippen molar-refractivity contribution in [3.8, 4) is 0 Å². The van der Waals surface area contributed by atoms with Crippen molar-refractivity contribution in [3.63, 3.8) is 0 Å². The number of benzene rings is 2. The zero-order chi connectivity index (χ0) is 20.6. The fraction of sp³-hybridized carbons (Fsp3) is 0.375. The maximum absolute atomic E-state index is 11.6. The lowest BCUT2D eigenvalue weighted by molar-refractivity contribution is -0.146. The van der Waals surface area contributed by atoms with E-state index < -0.39 is 8.32 Å². The zero-order valence-corrected chi connectivity index (χ0v) is 18.6. The number of esters is 1. The van der Waals surface area contributed by atoms with Gasteiger partial charge in [-0.25, -0.2) is 0 Å². The monoisotopic (exact) mass is 396 g/mol. The third kappa shape index (κ3) is 5.21. The van der Waals surface area contributed by atoms with E-state index in [9.17, 15) is 4.79 Å². The maximum Gasteiger partial charge on any atom is 0.308 e. The molecule has 0 aliphatic rings. The van der Waals surface area contributed by atoms with Gasteiger partial charge in [0.15, 0.2) is 0 Å². The van der Waals surface area contributed by atoms with Crippen LogP contribution in [0.4, 0.5) is 0 Å². The van der Waals surface area contributed by atoms with Crippen molar-refractivity contribution in [1.29, 1.82) is 0 Å². The van der Waals surface area contributed by atoms with E-state index in [4.69, 9.17) is 9.16 Å². The van der Waals surface area contributed by atoms with Gasteiger partial charge in [0.05, 0.1) is 12.5 Å². The Hall–Kier alpha value is -2.17. The molecule has 0 atom stereocenters. The third-order valence-corrected chi connectivity index (χ3v) is 9.78. The van der Waals surface area contributed by atoms with Gasteiger partial charge in [-0.2, -0.15) is 0 Å². The smallest absolute Gasteiger partial charge is 0.308 e. The Morgan fingerprint density at radius 1 is 0.893 bits per heavy atom. The molecule has 0 aromatic heterocycles. The van der Waals surface area contributed by atoms with Crippen LogP contribution in [0.3, 0.4) is 0 Å². The van der Waals surface area contributed by atoms with Crippen molar-refractivity contribution in [2.45, 2.75) is 39.7 Å². The Balaban J connectivity index is 2.26. The fourth-order valence-electron chi connectivity index (χ4n) is 3.37. The Labute approximate surface area is 170 Å². The molecule has 150 valence electrons. The quantitative estimate of drug-likeness (QED) is 0.379. The first kappa shape index (κ1) is 22.1. The van der Waals surface area contributed by atoms with Crippen molar-refractivity contribution < 1.29 is 14.0 Å². The average Bonchev–Trinajstić information content (AvgIpc) is 2.67. The second-order valence-corrected chi connectivity index (χ2v) is 12.5. The van der Waals surface area contributed by atoms with Crippen LogP contribution in [-0.2, 0) is 14.0 Å². The molecule has 4 heteroatoms. The first-order valence-electron chi connectivity index (χ1n) is 9.85. The molecular weight excluding hydrogens is 364 g/mol. The molecule has 0 N–H and O–H groups in total. The van der Waals surface area contributed by atoms with Crippen molar-refractivity contribution in [2.24, 2.45) is 5.92 Å². The molecule has 0 spiro atoms. The van der Waals surface area contributed by atoms with E-state index in [2.05, 4.69) is 69.3 Å². The van der Waals surface area contributed by atoms with Crippen molar-refractivity contribution >= 4 is 24.7 Å². The minimum atomic E-state index is -2.51. The van der Waals surface area contributed by atoms with Gasteiger partial charge < -0.3 is 9.16 Å². The van der Waals surface area contributed by atoms with Crippen LogP contribution in [0, 0.1) is 5.92 Å². The highest BCUT2D eigenvalue weighted by Crippen LogP contribution is 2.36. The summed E-state index contributed by atoms with van der Waals surface area (Å²) in [6, 6.07) is 21.1. The molecule has 0 bridgehead atoms. The van der Waals surface area contributed by atoms with E-state index in [1.807, 2.05) is 38.1 Å². The molecular formula is C24H32O3Si. The predicted octanol–water partition coefficient (Wildman–Crippen LogP) is 4.32. The molecule has 2 rings (SSSR count). The zero-order valence-electron chi connectivity index (χ0n) is 17.6. The van der Waals surface area contributed by atoms with Gasteiger partial charge in [-0.05, 0) is 21.5 Å². The summed E-state index contributed by atoms with van der Waals surface area (Å²) in [6.07, 6.45) is 3.81. The molecule has 0 heterocycles. The highest BCUT2D eigenvalue weighted by molar-refractivity contribution is 6.99. The van der Waals surface area contributed by atoms with Crippen LogP contribution in [-0.4, -0.2) is 27.5 Å². The molecule has 0 radical (unpaired) electrons. The van der Waals surface area contributed by atoms with Crippen LogP contribution in [0.25, 0.3) is 0 Å². The summed E-state index contributed by atoms with van der Waals surface area (Å²) < 4.78 is 11.9. The van der Waals surface area contributed by atoms with E-state index >= 15 is 0 Å². The normalized spacial score (nSPS) is 12.5. The number of carbonyl (C=O) groups is 1. The van der Waals surface area contributed by atoms with E-state index in [0.717, 1.165) is 0 Å². The Morgan fingerprint density at radius 3 is 1.79 bits per heavy atom. The lowest BCUT2D eigenvalue weighted by Crippen LogP contribution is -2.66. The number of rotatable bonds is 8. The summed E-state index contributed by atoms with van der Waals surface area (Å²) in [6.45, 7) is 11.2. The standard InChI is InChI=1S/C24H32O3Si/c1-20(2)23(25)26-18-12-13-19-27-28(24(3,4)5,21-14-8-6-9-15-21)22-16-10-7-11-17-22/h6-17,20H,18-19H2,1-5H3/b13-12+. The van der Waals surface area contributed by atoms with E-state index in [1.54, 1.807) is 0 Å². The predicted molar refractivity (Wildman–Crippen MR) is 119 cm³/mol. The second-order valence-electron chi connectivity index (χ2n) is 8.23. The molecule has 0 fully saturated rings. The highest BCUT2D eigenvalue weighted by atomic mass is 28.4. The fourth-order valence-corrected chi connectivity index (χ4v) is 7.87. The SMILES string of the molecule is CC(C)C(=O)OC/C=C/CO[Si](c1ccccc1)(c1ccccc1)C(C)(C)C. The molecule has 3 nitrogen and oxygen atoms in total. The molecule has 0 saturated carbocycles. The van der Waals surface area contributed by atoms with Crippen LogP contribution in [0.15, 0.2) is 72.8 Å². The summed E-state index contributed by atoms with van der Waals surface area (Å²) in [5.74, 6) is -0.292. The molecule has 0 amide bonds. The average molecular weight is 397 g/mol. The van der Waals surface area contributed by atoms with E-state index in [0.29, 0.717) is 6.61 Å². The number of hydrogen-bond donors (Lipinski definition) is 0. The summed E-state index contributed by atoms with van der Waals surface area (Å²) in [4.78, 5) is 11.6. The number of carbonyl (C=O) groups excluding carboxylic acids is 1. The molecule has 0 saturated heterocycles. The number of ether oxygens (including phenoxy) is 1. The van der Waals surface area contributed by atoms with Gasteiger partial charge in [0.1, 0.15) is 6.61 Å². The lowest BCUT2D eigenvalue weighted by Gasteiger charge is -2.42. The molecule has 2 aromatic rings. The first-order chi connectivity index (χ1) is 13.3. The van der Waals surface area contributed by atoms with Gasteiger partial charge in [0, 0.05) is 0 Å². The molecule has 0 aliphatic carbocycles. The van der Waals surface area contributed by atoms with Crippen LogP contribution in [0.2, 0.25) is 5.04 Å². The van der Waals surface area contributed by atoms with Crippen LogP contribution < -0.4 is 10.4 Å². The summed E-state index contributed by atoms with van der Waals surface area (Å²) in [7, 11) is -2.51. The van der Waals surface area contributed by atoms with Crippen molar-refractivity contribution in [2.75, 3.05) is 13.2 Å². The van der Waals surface area contributed by atoms with E-state index in [-0.39, 0.29) is 23.5 Å². The van der Waals surface area contributed by atoms with Crippen LogP contribution in [0.5, 0.6) is 0 Å². The Kier molecular flexibility index (Phi) is 7.78. The molecule has 0 aliphatic heterocycles. The molecule has 28 heavy (non-hydrogen) atoms. The van der Waals surface area contributed by atoms with Crippen LogP contribution in [0.1, 0.15) is 34.6 Å². The van der Waals surface area contributed by atoms with Gasteiger partial charge in [-0.3, -0.25) is 4.79 Å². The van der Waals surface area contributed by atoms with Crippen molar-refractivity contribution in [1.82, 2.24) is 0 Å². The molecule has 2 aromatic carbocycles. The summed E-state index contributed by atoms with van der Waals surface area (Å²) in [5.41, 5.74) is 0. The largest absolute Gasteiger partial charge is 0.461 e. The second kappa shape index (κ2) is 9.85. The van der Waals surface area contributed by atoms with Gasteiger partial charge in [0.25, 0.3) is 8.32 Å². The van der Waals surface area contributed by atoms with E-state index in [1.165, 1.54) is 10.4 Å². The Morgan fingerprint density at radius 2 is 1.36 bits per heavy atom. The topological polar surface area (TPSA) is 35.5 Å². The maximum atomic E-state index is 11.6. The highest BCUT2D eigenvalue weighted by Gasteiger charge is 2.49. The lowest BCUT2D eigenvalue weighted by atomic mass is 10.2. The van der Waals surface area contributed by atoms with Gasteiger partial charge in [-0.15, -0.1) is 0 Å². The van der Waals surface area contributed by atoms with Gasteiger partial charge in [-0.1, -0.05) is 101 Å². The minimum absolute atomic E-state index is 0.0480. The first-order valence-corrected chi connectivity index (χ1v) is 11.8. The third-order valence-electron chi connectivity index (χ3n) is 4.77. The Bertz CT molecular complexity index is 722. The van der Waals surface area contributed by atoms with Crippen molar-refractivity contribution in [3.05, 3.63) is 72.8 Å².